The minimum Gasteiger partial charge on any atom is -0.493 e. The van der Waals surface area contributed by atoms with Crippen molar-refractivity contribution >= 4 is 17.6 Å². The van der Waals surface area contributed by atoms with Gasteiger partial charge in [-0.3, -0.25) is 4.79 Å². The van der Waals surface area contributed by atoms with Gasteiger partial charge in [-0.1, -0.05) is 11.6 Å². The van der Waals surface area contributed by atoms with E-state index in [0.717, 1.165) is 18.4 Å². The molecule has 2 aliphatic rings. The number of ether oxygens (including phenoxy) is 2. The van der Waals surface area contributed by atoms with Gasteiger partial charge in [0.2, 0.25) is 0 Å². The molecule has 1 aliphatic carbocycles. The molecule has 3 rings (SSSR count). The van der Waals surface area contributed by atoms with Gasteiger partial charge in [-0.25, -0.2) is 0 Å². The van der Waals surface area contributed by atoms with E-state index in [4.69, 9.17) is 26.2 Å². The molecule has 1 aliphatic heterocycles. The molecule has 2 fully saturated rings. The molecular formula is C17H22ClNO4. The molecule has 0 amide bonds. The highest BCUT2D eigenvalue weighted by Gasteiger charge is 2.31. The molecule has 1 aromatic carbocycles. The van der Waals surface area contributed by atoms with Crippen molar-refractivity contribution in [2.45, 2.75) is 44.2 Å². The molecule has 2 atom stereocenters. The van der Waals surface area contributed by atoms with Crippen molar-refractivity contribution in [3.8, 4) is 11.5 Å². The van der Waals surface area contributed by atoms with Gasteiger partial charge < -0.3 is 19.9 Å². The summed E-state index contributed by atoms with van der Waals surface area (Å²) in [5.41, 5.74) is 0.939. The van der Waals surface area contributed by atoms with Crippen molar-refractivity contribution in [2.24, 2.45) is 5.92 Å². The van der Waals surface area contributed by atoms with Gasteiger partial charge >= 0.3 is 5.97 Å². The summed E-state index contributed by atoms with van der Waals surface area (Å²) in [6.07, 6.45) is 5.22. The third-order valence-electron chi connectivity index (χ3n) is 4.72. The van der Waals surface area contributed by atoms with E-state index in [9.17, 15) is 4.79 Å². The van der Waals surface area contributed by atoms with Crippen LogP contribution < -0.4 is 14.8 Å². The Balaban J connectivity index is 1.80. The summed E-state index contributed by atoms with van der Waals surface area (Å²) in [6.45, 7) is 0.472. The Labute approximate surface area is 140 Å². The smallest absolute Gasteiger partial charge is 0.307 e. The van der Waals surface area contributed by atoms with Crippen LogP contribution in [0.1, 0.15) is 43.7 Å². The number of carboxylic acids is 1. The van der Waals surface area contributed by atoms with Crippen LogP contribution in [-0.2, 0) is 4.79 Å². The fourth-order valence-corrected chi connectivity index (χ4v) is 3.67. The summed E-state index contributed by atoms with van der Waals surface area (Å²) in [4.78, 5) is 11.1. The minimum absolute atomic E-state index is 0.0250. The zero-order valence-electron chi connectivity index (χ0n) is 13.2. The van der Waals surface area contributed by atoms with Crippen molar-refractivity contribution < 1.29 is 19.4 Å². The van der Waals surface area contributed by atoms with Gasteiger partial charge in [0.1, 0.15) is 0 Å². The lowest BCUT2D eigenvalue weighted by atomic mass is 10.00. The maximum absolute atomic E-state index is 11.1. The number of rotatable bonds is 5. The van der Waals surface area contributed by atoms with E-state index in [1.807, 2.05) is 12.1 Å². The van der Waals surface area contributed by atoms with E-state index in [2.05, 4.69) is 5.32 Å². The van der Waals surface area contributed by atoms with Crippen LogP contribution in [0.3, 0.4) is 0 Å². The van der Waals surface area contributed by atoms with E-state index >= 15 is 0 Å². The number of hydrogen-bond donors (Lipinski definition) is 2. The molecule has 5 nitrogen and oxygen atoms in total. The van der Waals surface area contributed by atoms with Crippen LogP contribution in [0.5, 0.6) is 11.5 Å². The lowest BCUT2D eigenvalue weighted by Crippen LogP contribution is -2.17. The standard InChI is InChI=1S/C17H22ClNO4/c1-22-15-8-10(14-7-11(9-19-14)17(20)21)6-13(18)16(15)23-12-4-2-3-5-12/h6,8,11-12,14,19H,2-5,7,9H2,1H3,(H,20,21). The Morgan fingerprint density at radius 2 is 2.09 bits per heavy atom. The number of methoxy groups -OCH3 is 1. The molecule has 0 radical (unpaired) electrons. The van der Waals surface area contributed by atoms with Crippen LogP contribution in [0.25, 0.3) is 0 Å². The van der Waals surface area contributed by atoms with Crippen molar-refractivity contribution in [3.63, 3.8) is 0 Å². The van der Waals surface area contributed by atoms with Crippen LogP contribution in [-0.4, -0.2) is 30.8 Å². The molecule has 1 aromatic rings. The Kier molecular flexibility index (Phi) is 4.97. The molecule has 2 unspecified atom stereocenters. The molecular weight excluding hydrogens is 318 g/mol. The second-order valence-corrected chi connectivity index (χ2v) is 6.70. The number of halogens is 1. The number of benzene rings is 1. The molecule has 1 saturated heterocycles. The normalized spacial score (nSPS) is 24.8. The number of hydrogen-bond acceptors (Lipinski definition) is 4. The highest BCUT2D eigenvalue weighted by molar-refractivity contribution is 6.32. The first-order valence-corrected chi connectivity index (χ1v) is 8.46. The Bertz CT molecular complexity index is 586. The highest BCUT2D eigenvalue weighted by atomic mass is 35.5. The van der Waals surface area contributed by atoms with Gasteiger partial charge in [0.05, 0.1) is 24.2 Å². The SMILES string of the molecule is COc1cc(C2CC(C(=O)O)CN2)cc(Cl)c1OC1CCCC1. The number of nitrogens with one attached hydrogen (secondary N) is 1. The molecule has 6 heteroatoms. The van der Waals surface area contributed by atoms with Gasteiger partial charge in [-0.2, -0.15) is 0 Å². The monoisotopic (exact) mass is 339 g/mol. The maximum atomic E-state index is 11.1. The Hall–Kier alpha value is -1.46. The molecule has 0 aromatic heterocycles. The van der Waals surface area contributed by atoms with Crippen LogP contribution in [0.15, 0.2) is 12.1 Å². The molecule has 23 heavy (non-hydrogen) atoms. The molecule has 2 N–H and O–H groups in total. The van der Waals surface area contributed by atoms with Crippen molar-refractivity contribution in [1.29, 1.82) is 0 Å². The van der Waals surface area contributed by atoms with Crippen molar-refractivity contribution in [3.05, 3.63) is 22.7 Å². The van der Waals surface area contributed by atoms with E-state index in [-0.39, 0.29) is 18.1 Å². The highest BCUT2D eigenvalue weighted by Crippen LogP contribution is 2.41. The van der Waals surface area contributed by atoms with E-state index in [1.54, 1.807) is 7.11 Å². The molecule has 0 bridgehead atoms. The van der Waals surface area contributed by atoms with Crippen LogP contribution in [0.2, 0.25) is 5.02 Å². The summed E-state index contributed by atoms with van der Waals surface area (Å²) in [7, 11) is 1.60. The van der Waals surface area contributed by atoms with Gasteiger partial charge in [0, 0.05) is 12.6 Å². The van der Waals surface area contributed by atoms with E-state index < -0.39 is 5.97 Å². The zero-order chi connectivity index (χ0) is 16.4. The fourth-order valence-electron chi connectivity index (χ4n) is 3.41. The Morgan fingerprint density at radius 3 is 2.70 bits per heavy atom. The average Bonchev–Trinajstić information content (AvgIpc) is 3.20. The first-order valence-electron chi connectivity index (χ1n) is 8.08. The number of carbonyl (C=O) groups is 1. The van der Waals surface area contributed by atoms with Crippen LogP contribution in [0, 0.1) is 5.92 Å². The zero-order valence-corrected chi connectivity index (χ0v) is 13.9. The molecule has 0 spiro atoms. The lowest BCUT2D eigenvalue weighted by molar-refractivity contribution is -0.141. The summed E-state index contributed by atoms with van der Waals surface area (Å²) >= 11 is 6.42. The van der Waals surface area contributed by atoms with Crippen molar-refractivity contribution in [1.82, 2.24) is 5.32 Å². The molecule has 126 valence electrons. The lowest BCUT2D eigenvalue weighted by Gasteiger charge is -2.20. The van der Waals surface area contributed by atoms with E-state index in [1.165, 1.54) is 12.8 Å². The summed E-state index contributed by atoms with van der Waals surface area (Å²) in [5.74, 6) is 0.0796. The number of aliphatic carboxylic acids is 1. The van der Waals surface area contributed by atoms with Gasteiger partial charge in [0.25, 0.3) is 0 Å². The summed E-state index contributed by atoms with van der Waals surface area (Å²) in [5, 5.41) is 12.9. The topological polar surface area (TPSA) is 67.8 Å². The van der Waals surface area contributed by atoms with Crippen LogP contribution >= 0.6 is 11.6 Å². The summed E-state index contributed by atoms with van der Waals surface area (Å²) in [6, 6.07) is 3.73. The fraction of sp³-hybridized carbons (Fsp3) is 0.588. The Morgan fingerprint density at radius 1 is 1.35 bits per heavy atom. The third-order valence-corrected chi connectivity index (χ3v) is 5.00. The van der Waals surface area contributed by atoms with Gasteiger partial charge in [-0.15, -0.1) is 0 Å². The molecule has 1 heterocycles. The average molecular weight is 340 g/mol. The first kappa shape index (κ1) is 16.4. The third kappa shape index (κ3) is 3.56. The second kappa shape index (κ2) is 6.97. The minimum atomic E-state index is -0.765. The van der Waals surface area contributed by atoms with Gasteiger partial charge in [-0.05, 0) is 49.8 Å². The number of carboxylic acid groups (broad SMARTS) is 1. The second-order valence-electron chi connectivity index (χ2n) is 6.29. The predicted molar refractivity (Wildman–Crippen MR) is 87.4 cm³/mol. The maximum Gasteiger partial charge on any atom is 0.307 e. The summed E-state index contributed by atoms with van der Waals surface area (Å²) < 4.78 is 11.5. The van der Waals surface area contributed by atoms with Gasteiger partial charge in [0.15, 0.2) is 11.5 Å². The molecule has 1 saturated carbocycles. The quantitative estimate of drug-likeness (QED) is 0.860. The van der Waals surface area contributed by atoms with Crippen LogP contribution in [0.4, 0.5) is 0 Å². The first-order chi connectivity index (χ1) is 11.1. The van der Waals surface area contributed by atoms with Crippen molar-refractivity contribution in [2.75, 3.05) is 13.7 Å². The predicted octanol–water partition coefficient (Wildman–Crippen LogP) is 3.41. The van der Waals surface area contributed by atoms with E-state index in [0.29, 0.717) is 29.5 Å². The largest absolute Gasteiger partial charge is 0.493 e.